The van der Waals surface area contributed by atoms with Crippen LogP contribution in [0.15, 0.2) is 109 Å². The minimum atomic E-state index is -2.04. The Bertz CT molecular complexity index is 2520. The second-order valence-corrected chi connectivity index (χ2v) is 17.2. The number of benzene rings is 5. The number of ketones is 4. The molecule has 0 aromatic heterocycles. The van der Waals surface area contributed by atoms with Gasteiger partial charge in [-0.25, -0.2) is 0 Å². The molecule has 0 heterocycles. The van der Waals surface area contributed by atoms with E-state index in [0.717, 1.165) is 29.7 Å². The smallest absolute Gasteiger partial charge is 0.447 e. The summed E-state index contributed by atoms with van der Waals surface area (Å²) < 4.78 is 10.9. The number of nitrogens with zero attached hydrogens (tertiary/aromatic N) is 2. The van der Waals surface area contributed by atoms with E-state index in [9.17, 15) is 64.5 Å². The van der Waals surface area contributed by atoms with Gasteiger partial charge in [0.15, 0.2) is 23.1 Å². The summed E-state index contributed by atoms with van der Waals surface area (Å²) in [5, 5.41) is 113. The van der Waals surface area contributed by atoms with E-state index < -0.39 is 63.5 Å². The lowest BCUT2D eigenvalue weighted by Gasteiger charge is -2.07. The standard InChI is InChI=1S/C21H26B2O6.C20H22B2N2O11.C7H10B2O3/c1-22(26)18-10-6-16(7-11-18)20(24)4-2-14-29-15-3-5-21(25)17-8-12-19(13-9-17)23(27)28;25-19(13-5-7-15(21(27)28)17(11-13)23(31)32)3-1-9-35-10-2-4-20(26)14-6-8-16(22(29)30)18(12-14)24(33)34;1-8(10)6-3-2-4-7(5-6)9(11)12/h6-13,26-28H,2-5,14-15H2,1H3;5-8,11-12,27-30H,1-4,9-10H2;2-5,10-12H,1H3. The number of carbonyl (C=O) groups excluding carboxylic acids is 4. The molecular formula is C48H58B6N2O20. The van der Waals surface area contributed by atoms with Crippen molar-refractivity contribution in [1.29, 1.82) is 0 Å². The van der Waals surface area contributed by atoms with Gasteiger partial charge in [0.1, 0.15) is 0 Å². The molecule has 0 fully saturated rings. The van der Waals surface area contributed by atoms with Crippen molar-refractivity contribution in [3.8, 4) is 0 Å². The second kappa shape index (κ2) is 32.8. The van der Waals surface area contributed by atoms with Crippen molar-refractivity contribution >= 4 is 110 Å². The van der Waals surface area contributed by atoms with E-state index in [-0.39, 0.29) is 71.2 Å². The molecule has 0 unspecified atom stereocenters. The summed E-state index contributed by atoms with van der Waals surface area (Å²) in [7, 11) is -7.09. The van der Waals surface area contributed by atoms with Gasteiger partial charge in [0.2, 0.25) is 0 Å². The molecule has 0 atom stereocenters. The van der Waals surface area contributed by atoms with Crippen LogP contribution >= 0.6 is 0 Å². The van der Waals surface area contributed by atoms with Gasteiger partial charge in [0.25, 0.3) is 11.4 Å². The van der Waals surface area contributed by atoms with Crippen LogP contribution in [-0.4, -0.2) is 152 Å². The van der Waals surface area contributed by atoms with E-state index >= 15 is 0 Å². The Hall–Kier alpha value is -6.51. The van der Waals surface area contributed by atoms with E-state index in [1.807, 2.05) is 0 Å². The Morgan fingerprint density at radius 2 is 0.724 bits per heavy atom. The molecule has 5 aromatic carbocycles. The number of Topliss-reactive ketones (excluding diaryl/α,β-unsaturated/α-hetero) is 4. The number of ether oxygens (including phenoxy) is 2. The normalized spacial score (nSPS) is 10.5. The van der Waals surface area contributed by atoms with Crippen LogP contribution in [0.2, 0.25) is 13.6 Å². The van der Waals surface area contributed by atoms with E-state index in [1.54, 1.807) is 74.3 Å². The predicted octanol–water partition coefficient (Wildman–Crippen LogP) is -1.48. The third kappa shape index (κ3) is 21.6. The summed E-state index contributed by atoms with van der Waals surface area (Å²) in [5.41, 5.74) is 1.69. The largest absolute Gasteiger partial charge is 0.495 e. The quantitative estimate of drug-likeness (QED) is 0.00898. The molecule has 5 rings (SSSR count). The van der Waals surface area contributed by atoms with Crippen LogP contribution in [0, 0.1) is 20.2 Å². The van der Waals surface area contributed by atoms with Crippen LogP contribution in [-0.2, 0) is 9.47 Å². The van der Waals surface area contributed by atoms with E-state index in [0.29, 0.717) is 79.3 Å². The number of hydrogen-bond acceptors (Lipinski definition) is 20. The second-order valence-electron chi connectivity index (χ2n) is 17.2. The van der Waals surface area contributed by atoms with Crippen molar-refractivity contribution in [3.63, 3.8) is 0 Å². The molecule has 28 heteroatoms. The van der Waals surface area contributed by atoms with Gasteiger partial charge < -0.3 is 59.7 Å². The highest BCUT2D eigenvalue weighted by Gasteiger charge is 2.27. The SMILES string of the molecule is CB(O)c1ccc(C(=O)CCCOCCCC(=O)c2ccc(B(O)O)cc2)cc1.CB(O)c1cccc(B(O)O)c1.O=C(CCCOCCCC(=O)c1ccc(B(O)O)c([N+](=O)[O-])c1)c1ccc(B(O)O)c([N+](=O)[O-])c1. The summed E-state index contributed by atoms with van der Waals surface area (Å²) >= 11 is 0. The summed E-state index contributed by atoms with van der Waals surface area (Å²) in [5.74, 6) is -0.756. The third-order valence-electron chi connectivity index (χ3n) is 11.4. The molecule has 0 aliphatic heterocycles. The van der Waals surface area contributed by atoms with Gasteiger partial charge >= 0.3 is 42.3 Å². The first-order chi connectivity index (χ1) is 36.0. The van der Waals surface area contributed by atoms with Gasteiger partial charge in [-0.2, -0.15) is 0 Å². The topological polar surface area (TPSA) is 375 Å². The Morgan fingerprint density at radius 3 is 1.04 bits per heavy atom. The summed E-state index contributed by atoms with van der Waals surface area (Å²) in [6, 6.07) is 26.5. The molecule has 76 heavy (non-hydrogen) atoms. The molecule has 10 N–H and O–H groups in total. The Balaban J connectivity index is 0.000000332. The van der Waals surface area contributed by atoms with Gasteiger partial charge in [-0.15, -0.1) is 0 Å². The first-order valence-electron chi connectivity index (χ1n) is 24.0. The van der Waals surface area contributed by atoms with Crippen molar-refractivity contribution in [3.05, 3.63) is 152 Å². The zero-order chi connectivity index (χ0) is 56.5. The van der Waals surface area contributed by atoms with Gasteiger partial charge in [0.05, 0.1) is 20.8 Å². The Kier molecular flexibility index (Phi) is 27.5. The highest BCUT2D eigenvalue weighted by molar-refractivity contribution is 6.66. The summed E-state index contributed by atoms with van der Waals surface area (Å²) in [4.78, 5) is 69.2. The predicted molar refractivity (Wildman–Crippen MR) is 288 cm³/mol. The minimum Gasteiger partial charge on any atom is -0.447 e. The zero-order valence-corrected chi connectivity index (χ0v) is 41.8. The third-order valence-corrected chi connectivity index (χ3v) is 11.4. The molecule has 0 aliphatic rings. The number of hydrogen-bond donors (Lipinski definition) is 10. The molecule has 0 radical (unpaired) electrons. The van der Waals surface area contributed by atoms with Crippen LogP contribution in [0.5, 0.6) is 0 Å². The minimum absolute atomic E-state index is 0.0246. The lowest BCUT2D eigenvalue weighted by atomic mass is 9.62. The molecule has 0 saturated carbocycles. The fraction of sp³-hybridized carbons (Fsp3) is 0.292. The maximum Gasteiger partial charge on any atom is 0.495 e. The van der Waals surface area contributed by atoms with Gasteiger partial charge in [-0.1, -0.05) is 111 Å². The first kappa shape index (κ1) is 63.8. The summed E-state index contributed by atoms with van der Waals surface area (Å²) in [6.07, 6.45) is 2.59. The van der Waals surface area contributed by atoms with Crippen LogP contribution in [0.1, 0.15) is 92.8 Å². The maximum absolute atomic E-state index is 12.3. The fourth-order valence-electron chi connectivity index (χ4n) is 7.08. The van der Waals surface area contributed by atoms with Crippen molar-refractivity contribution in [1.82, 2.24) is 0 Å². The average Bonchev–Trinajstić information content (AvgIpc) is 3.39. The lowest BCUT2D eigenvalue weighted by Crippen LogP contribution is -2.36. The average molecular weight is 1050 g/mol. The fourth-order valence-corrected chi connectivity index (χ4v) is 7.08. The Morgan fingerprint density at radius 1 is 0.408 bits per heavy atom. The van der Waals surface area contributed by atoms with Gasteiger partial charge in [-0.05, 0) is 47.5 Å². The van der Waals surface area contributed by atoms with Gasteiger partial charge in [-0.3, -0.25) is 39.4 Å². The Labute approximate surface area is 440 Å². The van der Waals surface area contributed by atoms with Crippen LogP contribution in [0.25, 0.3) is 0 Å². The number of nitro groups is 2. The van der Waals surface area contributed by atoms with Crippen LogP contribution in [0.3, 0.4) is 0 Å². The maximum atomic E-state index is 12.3. The van der Waals surface area contributed by atoms with Crippen molar-refractivity contribution in [2.75, 3.05) is 26.4 Å². The van der Waals surface area contributed by atoms with Crippen molar-refractivity contribution in [2.24, 2.45) is 0 Å². The van der Waals surface area contributed by atoms with Crippen molar-refractivity contribution < 1.29 is 88.7 Å². The monoisotopic (exact) mass is 1050 g/mol. The molecular weight excluding hydrogens is 989 g/mol. The molecule has 0 spiro atoms. The number of rotatable bonds is 28. The van der Waals surface area contributed by atoms with E-state index in [4.69, 9.17) is 34.6 Å². The summed E-state index contributed by atoms with van der Waals surface area (Å²) in [6.45, 7) is 3.44. The first-order valence-corrected chi connectivity index (χ1v) is 24.0. The highest BCUT2D eigenvalue weighted by Crippen LogP contribution is 2.16. The van der Waals surface area contributed by atoms with E-state index in [1.165, 1.54) is 24.3 Å². The molecule has 22 nitrogen and oxygen atoms in total. The highest BCUT2D eigenvalue weighted by atomic mass is 16.6. The van der Waals surface area contributed by atoms with Crippen LogP contribution in [0.4, 0.5) is 11.4 Å². The number of nitro benzene ring substituents is 2. The van der Waals surface area contributed by atoms with E-state index in [2.05, 4.69) is 0 Å². The number of carbonyl (C=O) groups is 4. The zero-order valence-electron chi connectivity index (χ0n) is 41.8. The molecule has 0 amide bonds. The van der Waals surface area contributed by atoms with Gasteiger partial charge in [0, 0.05) is 86.5 Å². The molecule has 0 bridgehead atoms. The lowest BCUT2D eigenvalue weighted by molar-refractivity contribution is -0.383. The molecule has 0 saturated heterocycles. The molecule has 5 aromatic rings. The van der Waals surface area contributed by atoms with Crippen molar-refractivity contribution in [2.45, 2.75) is 65.0 Å². The van der Waals surface area contributed by atoms with Crippen LogP contribution < -0.4 is 32.8 Å². The molecule has 398 valence electrons. The molecule has 0 aliphatic carbocycles.